The summed E-state index contributed by atoms with van der Waals surface area (Å²) in [4.78, 5) is 0. The van der Waals surface area contributed by atoms with Crippen molar-refractivity contribution in [1.29, 1.82) is 0 Å². The molecule has 1 N–H and O–H groups in total. The lowest BCUT2D eigenvalue weighted by molar-refractivity contribution is 0.482. The van der Waals surface area contributed by atoms with E-state index in [1.54, 1.807) is 7.05 Å². The summed E-state index contributed by atoms with van der Waals surface area (Å²) in [6.07, 6.45) is 4.26. The summed E-state index contributed by atoms with van der Waals surface area (Å²) in [5.74, 6) is 0.180. The molecular formula is C22H22N4O. The zero-order valence-corrected chi connectivity index (χ0v) is 15.6. The van der Waals surface area contributed by atoms with Crippen LogP contribution < -0.4 is 0 Å². The van der Waals surface area contributed by atoms with Crippen molar-refractivity contribution < 1.29 is 5.11 Å². The van der Waals surface area contributed by atoms with E-state index >= 15 is 0 Å². The van der Waals surface area contributed by atoms with Crippen LogP contribution in [-0.2, 0) is 12.8 Å². The van der Waals surface area contributed by atoms with E-state index in [0.29, 0.717) is 5.69 Å². The smallest absolute Gasteiger partial charge is 0.151 e. The largest absolute Gasteiger partial charge is 0.505 e. The third-order valence-corrected chi connectivity index (χ3v) is 5.14. The summed E-state index contributed by atoms with van der Waals surface area (Å²) in [6, 6.07) is 13.7. The molecule has 0 unspecified atom stereocenters. The van der Waals surface area contributed by atoms with E-state index in [-0.39, 0.29) is 5.75 Å². The number of nitrogens with zero attached hydrogens (tertiary/aromatic N) is 4. The highest BCUT2D eigenvalue weighted by Crippen LogP contribution is 2.41. The van der Waals surface area contributed by atoms with Gasteiger partial charge in [0.2, 0.25) is 0 Å². The zero-order chi connectivity index (χ0) is 18.8. The number of hydrogen-bond donors (Lipinski definition) is 1. The maximum Gasteiger partial charge on any atom is 0.151 e. The first kappa shape index (κ1) is 17.3. The van der Waals surface area contributed by atoms with Crippen molar-refractivity contribution in [2.45, 2.75) is 32.6 Å². The summed E-state index contributed by atoms with van der Waals surface area (Å²) in [6.45, 7) is 1.95. The molecule has 0 atom stereocenters. The van der Waals surface area contributed by atoms with E-state index in [9.17, 15) is 5.11 Å². The fourth-order valence-electron chi connectivity index (χ4n) is 3.81. The minimum absolute atomic E-state index is 0.180. The molecule has 3 aromatic rings. The van der Waals surface area contributed by atoms with Crippen LogP contribution in [-0.4, -0.2) is 12.2 Å². The molecule has 0 amide bonds. The molecule has 3 aromatic carbocycles. The Hall–Kier alpha value is -3.08. The normalized spacial score (nSPS) is 14.3. The number of aryl methyl sites for hydroxylation is 1. The molecule has 0 saturated carbocycles. The van der Waals surface area contributed by atoms with Gasteiger partial charge in [-0.2, -0.15) is 15.3 Å². The minimum Gasteiger partial charge on any atom is -0.505 e. The van der Waals surface area contributed by atoms with E-state index < -0.39 is 0 Å². The van der Waals surface area contributed by atoms with Crippen molar-refractivity contribution >= 4 is 27.8 Å². The summed E-state index contributed by atoms with van der Waals surface area (Å²) >= 11 is 0. The molecule has 0 aliphatic heterocycles. The predicted octanol–water partition coefficient (Wildman–Crippen LogP) is 6.86. The van der Waals surface area contributed by atoms with Gasteiger partial charge in [0.1, 0.15) is 5.69 Å². The van der Waals surface area contributed by atoms with E-state index in [1.165, 1.54) is 11.1 Å². The highest BCUT2D eigenvalue weighted by Gasteiger charge is 2.17. The molecule has 0 heterocycles. The Balaban J connectivity index is 1.79. The number of aromatic hydroxyl groups is 1. The lowest BCUT2D eigenvalue weighted by atomic mass is 9.89. The molecule has 1 aliphatic rings. The topological polar surface area (TPSA) is 69.7 Å². The molecule has 136 valence electrons. The first-order valence-electron chi connectivity index (χ1n) is 9.26. The van der Waals surface area contributed by atoms with Gasteiger partial charge in [-0.1, -0.05) is 24.3 Å². The Bertz CT molecular complexity index is 1070. The van der Waals surface area contributed by atoms with E-state index in [2.05, 4.69) is 20.5 Å². The molecule has 0 aromatic heterocycles. The molecule has 5 nitrogen and oxygen atoms in total. The Labute approximate surface area is 158 Å². The van der Waals surface area contributed by atoms with Gasteiger partial charge in [0.25, 0.3) is 0 Å². The molecule has 0 bridgehead atoms. The van der Waals surface area contributed by atoms with Crippen LogP contribution in [0.5, 0.6) is 5.75 Å². The Morgan fingerprint density at radius 1 is 0.852 bits per heavy atom. The molecule has 4 rings (SSSR count). The second kappa shape index (κ2) is 7.27. The average molecular weight is 358 g/mol. The second-order valence-electron chi connectivity index (χ2n) is 6.88. The maximum atomic E-state index is 10.7. The standard InChI is InChI=1S/C22H22N4O/c1-14-13-15-7-3-4-8-16(15)22(27)21(14)26-25-20-12-11-19(24-23-2)17-9-5-6-10-18(17)20/h3-4,7-8,11-13,27H,5-6,9-10H2,1-2H3. The number of azo groups is 2. The van der Waals surface area contributed by atoms with Crippen molar-refractivity contribution in [2.24, 2.45) is 20.5 Å². The van der Waals surface area contributed by atoms with Crippen molar-refractivity contribution in [1.82, 2.24) is 0 Å². The lowest BCUT2D eigenvalue weighted by Gasteiger charge is -2.18. The summed E-state index contributed by atoms with van der Waals surface area (Å²) in [5, 5.41) is 29.6. The Kier molecular flexibility index (Phi) is 4.67. The number of rotatable bonds is 3. The highest BCUT2D eigenvalue weighted by atomic mass is 16.3. The fraction of sp³-hybridized carbons (Fsp3) is 0.273. The fourth-order valence-corrected chi connectivity index (χ4v) is 3.81. The van der Waals surface area contributed by atoms with Crippen LogP contribution in [0, 0.1) is 6.92 Å². The number of phenolic OH excluding ortho intramolecular Hbond substituents is 1. The van der Waals surface area contributed by atoms with Crippen LogP contribution in [0.25, 0.3) is 10.8 Å². The summed E-state index contributed by atoms with van der Waals surface area (Å²) < 4.78 is 0. The third-order valence-electron chi connectivity index (χ3n) is 5.14. The predicted molar refractivity (Wildman–Crippen MR) is 108 cm³/mol. The van der Waals surface area contributed by atoms with Gasteiger partial charge < -0.3 is 5.11 Å². The van der Waals surface area contributed by atoms with Gasteiger partial charge >= 0.3 is 0 Å². The first-order chi connectivity index (χ1) is 13.2. The number of benzene rings is 3. The summed E-state index contributed by atoms with van der Waals surface area (Å²) in [5.41, 5.74) is 5.63. The first-order valence-corrected chi connectivity index (χ1v) is 9.26. The van der Waals surface area contributed by atoms with Crippen molar-refractivity contribution in [2.75, 3.05) is 7.05 Å². The number of phenols is 1. The number of hydrogen-bond acceptors (Lipinski definition) is 5. The molecule has 0 spiro atoms. The van der Waals surface area contributed by atoms with Crippen LogP contribution in [0.4, 0.5) is 17.1 Å². The van der Waals surface area contributed by atoms with Gasteiger partial charge in [0.15, 0.2) is 5.75 Å². The van der Waals surface area contributed by atoms with Crippen molar-refractivity contribution in [3.8, 4) is 5.75 Å². The highest BCUT2D eigenvalue weighted by molar-refractivity contribution is 5.93. The zero-order valence-electron chi connectivity index (χ0n) is 15.6. The van der Waals surface area contributed by atoms with Crippen LogP contribution in [0.15, 0.2) is 62.9 Å². The van der Waals surface area contributed by atoms with Gasteiger partial charge in [-0.25, -0.2) is 0 Å². The monoisotopic (exact) mass is 358 g/mol. The van der Waals surface area contributed by atoms with Crippen molar-refractivity contribution in [3.05, 3.63) is 59.2 Å². The van der Waals surface area contributed by atoms with Crippen LogP contribution >= 0.6 is 0 Å². The van der Waals surface area contributed by atoms with Gasteiger partial charge in [0.05, 0.1) is 11.4 Å². The second-order valence-corrected chi connectivity index (χ2v) is 6.88. The van der Waals surface area contributed by atoms with Gasteiger partial charge in [-0.05, 0) is 72.9 Å². The van der Waals surface area contributed by atoms with E-state index in [1.807, 2.05) is 49.4 Å². The Morgan fingerprint density at radius 2 is 1.52 bits per heavy atom. The molecule has 0 saturated heterocycles. The van der Waals surface area contributed by atoms with E-state index in [4.69, 9.17) is 0 Å². The molecule has 0 radical (unpaired) electrons. The Morgan fingerprint density at radius 3 is 2.22 bits per heavy atom. The van der Waals surface area contributed by atoms with Gasteiger partial charge in [-0.15, -0.1) is 5.11 Å². The van der Waals surface area contributed by atoms with Crippen LogP contribution in [0.1, 0.15) is 29.5 Å². The van der Waals surface area contributed by atoms with Gasteiger partial charge in [0, 0.05) is 12.4 Å². The molecule has 1 aliphatic carbocycles. The van der Waals surface area contributed by atoms with Crippen LogP contribution in [0.2, 0.25) is 0 Å². The maximum absolute atomic E-state index is 10.7. The minimum atomic E-state index is 0.180. The van der Waals surface area contributed by atoms with Crippen molar-refractivity contribution in [3.63, 3.8) is 0 Å². The lowest BCUT2D eigenvalue weighted by Crippen LogP contribution is -2.02. The summed E-state index contributed by atoms with van der Waals surface area (Å²) in [7, 11) is 1.69. The van der Waals surface area contributed by atoms with Gasteiger partial charge in [-0.3, -0.25) is 0 Å². The van der Waals surface area contributed by atoms with E-state index in [0.717, 1.165) is 53.4 Å². The number of fused-ring (bicyclic) bond motifs is 2. The molecule has 27 heavy (non-hydrogen) atoms. The SMILES string of the molecule is CN=Nc1ccc(N=Nc2c(C)cc3ccccc3c2O)c2c1CCCC2. The third kappa shape index (κ3) is 3.21. The quantitative estimate of drug-likeness (QED) is 0.510. The average Bonchev–Trinajstić information content (AvgIpc) is 2.69. The molecular weight excluding hydrogens is 336 g/mol. The van der Waals surface area contributed by atoms with Crippen LogP contribution in [0.3, 0.4) is 0 Å². The molecule has 0 fully saturated rings. The molecule has 5 heteroatoms.